The Kier molecular flexibility index (Phi) is 5.33. The molecule has 0 aliphatic heterocycles. The Morgan fingerprint density at radius 3 is 2.39 bits per heavy atom. The minimum absolute atomic E-state index is 0.438. The standard InChI is InChI=1S/C23H21N3O2/c1-2-27-21-15-9-7-13-19(21)23-25-22(28-26-23)16-24-20-14-8-6-12-18(20)17-10-4-3-5-11-17/h3-15,24H,2,16H2,1H3. The molecular formula is C23H21N3O2. The molecule has 5 heteroatoms. The Bertz CT molecular complexity index is 1040. The minimum Gasteiger partial charge on any atom is -0.493 e. The highest BCUT2D eigenvalue weighted by molar-refractivity contribution is 5.77. The van der Waals surface area contributed by atoms with Gasteiger partial charge in [-0.05, 0) is 30.7 Å². The molecule has 0 aliphatic rings. The molecule has 0 unspecified atom stereocenters. The lowest BCUT2D eigenvalue weighted by molar-refractivity contribution is 0.341. The van der Waals surface area contributed by atoms with E-state index < -0.39 is 0 Å². The lowest BCUT2D eigenvalue weighted by Gasteiger charge is -2.10. The zero-order valence-corrected chi connectivity index (χ0v) is 15.6. The number of nitrogens with one attached hydrogen (secondary N) is 1. The molecule has 0 amide bonds. The third-order valence-electron chi connectivity index (χ3n) is 4.34. The van der Waals surface area contributed by atoms with Gasteiger partial charge in [-0.1, -0.05) is 65.8 Å². The fraction of sp³-hybridized carbons (Fsp3) is 0.130. The number of para-hydroxylation sites is 2. The summed E-state index contributed by atoms with van der Waals surface area (Å²) in [5.41, 5.74) is 4.12. The van der Waals surface area contributed by atoms with Gasteiger partial charge in [-0.15, -0.1) is 0 Å². The van der Waals surface area contributed by atoms with E-state index in [4.69, 9.17) is 9.26 Å². The third kappa shape index (κ3) is 3.88. The van der Waals surface area contributed by atoms with Crippen LogP contribution >= 0.6 is 0 Å². The van der Waals surface area contributed by atoms with Crippen molar-refractivity contribution in [3.63, 3.8) is 0 Å². The second kappa shape index (κ2) is 8.39. The second-order valence-electron chi connectivity index (χ2n) is 6.21. The van der Waals surface area contributed by atoms with Crippen LogP contribution in [0, 0.1) is 0 Å². The van der Waals surface area contributed by atoms with Crippen LogP contribution in [0.3, 0.4) is 0 Å². The van der Waals surface area contributed by atoms with Gasteiger partial charge in [-0.25, -0.2) is 0 Å². The lowest BCUT2D eigenvalue weighted by atomic mass is 10.0. The van der Waals surface area contributed by atoms with E-state index in [0.29, 0.717) is 24.9 Å². The molecule has 0 spiro atoms. The number of anilines is 1. The molecule has 1 aromatic heterocycles. The van der Waals surface area contributed by atoms with E-state index >= 15 is 0 Å². The summed E-state index contributed by atoms with van der Waals surface area (Å²) in [4.78, 5) is 4.52. The molecule has 140 valence electrons. The first-order valence-corrected chi connectivity index (χ1v) is 9.28. The van der Waals surface area contributed by atoms with Gasteiger partial charge >= 0.3 is 0 Å². The van der Waals surface area contributed by atoms with Crippen LogP contribution in [0.4, 0.5) is 5.69 Å². The molecule has 0 saturated heterocycles. The topological polar surface area (TPSA) is 60.2 Å². The monoisotopic (exact) mass is 371 g/mol. The number of rotatable bonds is 7. The third-order valence-corrected chi connectivity index (χ3v) is 4.34. The predicted molar refractivity (Wildman–Crippen MR) is 110 cm³/mol. The predicted octanol–water partition coefficient (Wildman–Crippen LogP) is 5.41. The highest BCUT2D eigenvalue weighted by Gasteiger charge is 2.13. The molecule has 0 atom stereocenters. The van der Waals surface area contributed by atoms with Crippen molar-refractivity contribution in [1.29, 1.82) is 0 Å². The van der Waals surface area contributed by atoms with Crippen LogP contribution in [0.5, 0.6) is 5.75 Å². The van der Waals surface area contributed by atoms with Gasteiger partial charge in [-0.2, -0.15) is 4.98 Å². The molecule has 28 heavy (non-hydrogen) atoms. The van der Waals surface area contributed by atoms with Crippen molar-refractivity contribution in [2.75, 3.05) is 11.9 Å². The van der Waals surface area contributed by atoms with E-state index in [2.05, 4.69) is 33.7 Å². The lowest BCUT2D eigenvalue weighted by Crippen LogP contribution is -2.01. The van der Waals surface area contributed by atoms with Crippen LogP contribution in [0.15, 0.2) is 83.4 Å². The summed E-state index contributed by atoms with van der Waals surface area (Å²) in [7, 11) is 0. The molecule has 0 aliphatic carbocycles. The van der Waals surface area contributed by atoms with Crippen LogP contribution in [0.2, 0.25) is 0 Å². The second-order valence-corrected chi connectivity index (χ2v) is 6.21. The van der Waals surface area contributed by atoms with Crippen molar-refractivity contribution in [1.82, 2.24) is 10.1 Å². The van der Waals surface area contributed by atoms with E-state index in [1.54, 1.807) is 0 Å². The van der Waals surface area contributed by atoms with E-state index in [9.17, 15) is 0 Å². The molecule has 0 fully saturated rings. The molecule has 4 rings (SSSR count). The fourth-order valence-electron chi connectivity index (χ4n) is 3.05. The smallest absolute Gasteiger partial charge is 0.246 e. The van der Waals surface area contributed by atoms with E-state index in [-0.39, 0.29) is 0 Å². The molecule has 1 heterocycles. The van der Waals surface area contributed by atoms with Gasteiger partial charge in [0.05, 0.1) is 18.7 Å². The Morgan fingerprint density at radius 2 is 1.57 bits per heavy atom. The normalized spacial score (nSPS) is 10.6. The average Bonchev–Trinajstić information content (AvgIpc) is 3.23. The van der Waals surface area contributed by atoms with Gasteiger partial charge < -0.3 is 14.6 Å². The zero-order valence-electron chi connectivity index (χ0n) is 15.6. The number of hydrogen-bond donors (Lipinski definition) is 1. The number of hydrogen-bond acceptors (Lipinski definition) is 5. The van der Waals surface area contributed by atoms with Crippen molar-refractivity contribution in [2.24, 2.45) is 0 Å². The summed E-state index contributed by atoms with van der Waals surface area (Å²) in [5, 5.41) is 7.52. The minimum atomic E-state index is 0.438. The maximum absolute atomic E-state index is 5.66. The zero-order chi connectivity index (χ0) is 19.2. The molecule has 5 nitrogen and oxygen atoms in total. The van der Waals surface area contributed by atoms with Crippen molar-refractivity contribution < 1.29 is 9.26 Å². The van der Waals surface area contributed by atoms with E-state index in [1.807, 2.05) is 67.6 Å². The molecule has 0 saturated carbocycles. The largest absolute Gasteiger partial charge is 0.493 e. The van der Waals surface area contributed by atoms with Gasteiger partial charge in [0.1, 0.15) is 5.75 Å². The Morgan fingerprint density at radius 1 is 0.857 bits per heavy atom. The molecule has 1 N–H and O–H groups in total. The number of aromatic nitrogens is 2. The summed E-state index contributed by atoms with van der Waals surface area (Å²) in [6.07, 6.45) is 0. The Balaban J connectivity index is 1.52. The average molecular weight is 371 g/mol. The fourth-order valence-corrected chi connectivity index (χ4v) is 3.05. The van der Waals surface area contributed by atoms with Crippen molar-refractivity contribution in [3.05, 3.63) is 84.8 Å². The first-order valence-electron chi connectivity index (χ1n) is 9.28. The van der Waals surface area contributed by atoms with Crippen molar-refractivity contribution >= 4 is 5.69 Å². The summed E-state index contributed by atoms with van der Waals surface area (Å²) in [5.74, 6) is 1.79. The van der Waals surface area contributed by atoms with Crippen molar-refractivity contribution in [2.45, 2.75) is 13.5 Å². The maximum Gasteiger partial charge on any atom is 0.246 e. The summed E-state index contributed by atoms with van der Waals surface area (Å²) >= 11 is 0. The van der Waals surface area contributed by atoms with Gasteiger partial charge in [0, 0.05) is 11.3 Å². The summed E-state index contributed by atoms with van der Waals surface area (Å²) in [6, 6.07) is 26.1. The van der Waals surface area contributed by atoms with Gasteiger partial charge in [0.15, 0.2) is 0 Å². The van der Waals surface area contributed by atoms with Crippen LogP contribution in [-0.4, -0.2) is 16.7 Å². The van der Waals surface area contributed by atoms with Crippen LogP contribution in [0.1, 0.15) is 12.8 Å². The summed E-state index contributed by atoms with van der Waals surface area (Å²) in [6.45, 7) is 2.97. The molecule has 4 aromatic rings. The number of ether oxygens (including phenoxy) is 1. The van der Waals surface area contributed by atoms with E-state index in [1.165, 1.54) is 0 Å². The van der Waals surface area contributed by atoms with Crippen LogP contribution < -0.4 is 10.1 Å². The van der Waals surface area contributed by atoms with Crippen molar-refractivity contribution in [3.8, 4) is 28.3 Å². The Hall–Kier alpha value is -3.60. The number of nitrogens with zero attached hydrogens (tertiary/aromatic N) is 2. The van der Waals surface area contributed by atoms with Gasteiger partial charge in [0.2, 0.25) is 11.7 Å². The maximum atomic E-state index is 5.66. The highest BCUT2D eigenvalue weighted by atomic mass is 16.5. The van der Waals surface area contributed by atoms with Crippen LogP contribution in [-0.2, 0) is 6.54 Å². The molecule has 0 bridgehead atoms. The summed E-state index contributed by atoms with van der Waals surface area (Å²) < 4.78 is 11.1. The SMILES string of the molecule is CCOc1ccccc1-c1noc(CNc2ccccc2-c2ccccc2)n1. The van der Waals surface area contributed by atoms with Gasteiger partial charge in [-0.3, -0.25) is 0 Å². The Labute approximate surface area is 164 Å². The molecule has 0 radical (unpaired) electrons. The molecule has 3 aromatic carbocycles. The first-order chi connectivity index (χ1) is 13.8. The van der Waals surface area contributed by atoms with Gasteiger partial charge in [0.25, 0.3) is 0 Å². The van der Waals surface area contributed by atoms with Crippen LogP contribution in [0.25, 0.3) is 22.5 Å². The number of benzene rings is 3. The quantitative estimate of drug-likeness (QED) is 0.470. The first kappa shape index (κ1) is 17.8. The van der Waals surface area contributed by atoms with E-state index in [0.717, 1.165) is 28.1 Å². The highest BCUT2D eigenvalue weighted by Crippen LogP contribution is 2.29. The molecular weight excluding hydrogens is 350 g/mol.